The average molecular weight is 341 g/mol. The van der Waals surface area contributed by atoms with Gasteiger partial charge in [0.1, 0.15) is 0 Å². The van der Waals surface area contributed by atoms with E-state index in [2.05, 4.69) is 21.7 Å². The van der Waals surface area contributed by atoms with Crippen molar-refractivity contribution in [1.29, 1.82) is 0 Å². The van der Waals surface area contributed by atoms with Crippen LogP contribution in [0.5, 0.6) is 0 Å². The highest BCUT2D eigenvalue weighted by molar-refractivity contribution is 7.17. The lowest BCUT2D eigenvalue weighted by molar-refractivity contribution is 0.0944. The van der Waals surface area contributed by atoms with Crippen LogP contribution in [0.15, 0.2) is 41.9 Å². The van der Waals surface area contributed by atoms with Crippen LogP contribution < -0.4 is 10.6 Å². The Kier molecular flexibility index (Phi) is 5.08. The predicted octanol–water partition coefficient (Wildman–Crippen LogP) is 2.94. The van der Waals surface area contributed by atoms with Crippen molar-refractivity contribution < 1.29 is 9.90 Å². The molecule has 0 atom stereocenters. The Hall–Kier alpha value is -2.44. The van der Waals surface area contributed by atoms with Gasteiger partial charge in [-0.15, -0.1) is 11.3 Å². The molecule has 24 heavy (non-hydrogen) atoms. The molecule has 2 heterocycles. The summed E-state index contributed by atoms with van der Waals surface area (Å²) in [5, 5.41) is 16.9. The number of pyridine rings is 1. The minimum absolute atomic E-state index is 0.0685. The Labute approximate surface area is 144 Å². The molecule has 5 nitrogen and oxygen atoms in total. The number of rotatable bonds is 6. The highest BCUT2D eigenvalue weighted by Crippen LogP contribution is 2.22. The average Bonchev–Trinajstić information content (AvgIpc) is 3.06. The van der Waals surface area contributed by atoms with Gasteiger partial charge in [0.15, 0.2) is 0 Å². The second-order valence-corrected chi connectivity index (χ2v) is 6.41. The number of aromatic nitrogens is 1. The predicted molar refractivity (Wildman–Crippen MR) is 97.5 cm³/mol. The first-order chi connectivity index (χ1) is 11.7. The van der Waals surface area contributed by atoms with E-state index in [1.165, 1.54) is 4.70 Å². The minimum Gasteiger partial charge on any atom is -0.395 e. The van der Waals surface area contributed by atoms with Crippen LogP contribution in [0.3, 0.4) is 0 Å². The molecule has 1 aromatic carbocycles. The van der Waals surface area contributed by atoms with Crippen LogP contribution >= 0.6 is 11.3 Å². The number of thiophene rings is 1. The maximum absolute atomic E-state index is 12.1. The van der Waals surface area contributed by atoms with Crippen LogP contribution in [0.1, 0.15) is 21.5 Å². The third-order valence-electron chi connectivity index (χ3n) is 3.82. The molecule has 1 amide bonds. The number of nitrogens with zero attached hydrogens (tertiary/aromatic N) is 1. The zero-order valence-corrected chi connectivity index (χ0v) is 14.2. The van der Waals surface area contributed by atoms with Crippen molar-refractivity contribution in [3.63, 3.8) is 0 Å². The summed E-state index contributed by atoms with van der Waals surface area (Å²) in [6.45, 7) is 2.74. The molecule has 0 spiro atoms. The van der Waals surface area contributed by atoms with E-state index in [0.717, 1.165) is 22.3 Å². The molecule has 3 N–H and O–H groups in total. The maximum atomic E-state index is 12.1. The number of anilines is 1. The van der Waals surface area contributed by atoms with Crippen LogP contribution in [0.4, 0.5) is 5.69 Å². The summed E-state index contributed by atoms with van der Waals surface area (Å²) in [5.41, 5.74) is 4.53. The van der Waals surface area contributed by atoms with Gasteiger partial charge < -0.3 is 15.7 Å². The van der Waals surface area contributed by atoms with Gasteiger partial charge >= 0.3 is 0 Å². The van der Waals surface area contributed by atoms with Gasteiger partial charge in [0.2, 0.25) is 0 Å². The van der Waals surface area contributed by atoms with Crippen LogP contribution in [0.25, 0.3) is 10.2 Å². The van der Waals surface area contributed by atoms with E-state index in [9.17, 15) is 4.79 Å². The molecule has 0 saturated carbocycles. The molecule has 0 aliphatic heterocycles. The molecule has 0 radical (unpaired) electrons. The Morgan fingerprint density at radius 1 is 1.33 bits per heavy atom. The number of carbonyl (C=O) groups is 1. The van der Waals surface area contributed by atoms with Crippen molar-refractivity contribution in [1.82, 2.24) is 10.3 Å². The molecule has 0 fully saturated rings. The molecular weight excluding hydrogens is 322 g/mol. The fourth-order valence-electron chi connectivity index (χ4n) is 2.52. The normalized spacial score (nSPS) is 10.8. The molecule has 3 rings (SSSR count). The standard InChI is InChI=1S/C18H19N3O2S/c1-12-14(18(23)19-6-7-22)3-2-4-15(12)20-10-13-9-17-16(21-11-13)5-8-24-17/h2-5,8-9,11,20,22H,6-7,10H2,1H3,(H,19,23). The maximum Gasteiger partial charge on any atom is 0.251 e. The minimum atomic E-state index is -0.174. The summed E-state index contributed by atoms with van der Waals surface area (Å²) >= 11 is 1.68. The molecule has 6 heteroatoms. The fraction of sp³-hybridized carbons (Fsp3) is 0.222. The lowest BCUT2D eigenvalue weighted by atomic mass is 10.1. The van der Waals surface area contributed by atoms with Crippen LogP contribution in [0.2, 0.25) is 0 Å². The smallest absolute Gasteiger partial charge is 0.251 e. The van der Waals surface area contributed by atoms with Crippen molar-refractivity contribution in [3.8, 4) is 0 Å². The van der Waals surface area contributed by atoms with E-state index in [4.69, 9.17) is 5.11 Å². The third kappa shape index (κ3) is 3.55. The number of fused-ring (bicyclic) bond motifs is 1. The summed E-state index contributed by atoms with van der Waals surface area (Å²) in [5.74, 6) is -0.174. The topological polar surface area (TPSA) is 74.2 Å². The summed E-state index contributed by atoms with van der Waals surface area (Å²) in [4.78, 5) is 16.5. The van der Waals surface area contributed by atoms with Gasteiger partial charge in [-0.05, 0) is 47.7 Å². The highest BCUT2D eigenvalue weighted by Gasteiger charge is 2.11. The number of nitrogens with one attached hydrogen (secondary N) is 2. The first-order valence-electron chi connectivity index (χ1n) is 7.73. The van der Waals surface area contributed by atoms with Crippen LogP contribution in [0, 0.1) is 6.92 Å². The first kappa shape index (κ1) is 16.4. The van der Waals surface area contributed by atoms with E-state index in [1.807, 2.05) is 36.7 Å². The Morgan fingerprint density at radius 3 is 3.04 bits per heavy atom. The number of amides is 1. The third-order valence-corrected chi connectivity index (χ3v) is 4.67. The quantitative estimate of drug-likeness (QED) is 0.644. The zero-order valence-electron chi connectivity index (χ0n) is 13.4. The summed E-state index contributed by atoms with van der Waals surface area (Å²) in [6, 6.07) is 9.73. The summed E-state index contributed by atoms with van der Waals surface area (Å²) < 4.78 is 1.17. The van der Waals surface area contributed by atoms with E-state index in [1.54, 1.807) is 17.4 Å². The number of hydrogen-bond acceptors (Lipinski definition) is 5. The summed E-state index contributed by atoms with van der Waals surface area (Å²) in [6.07, 6.45) is 1.87. The van der Waals surface area contributed by atoms with E-state index < -0.39 is 0 Å². The number of carbonyl (C=O) groups excluding carboxylic acids is 1. The van der Waals surface area contributed by atoms with Crippen molar-refractivity contribution in [2.45, 2.75) is 13.5 Å². The van der Waals surface area contributed by atoms with E-state index in [0.29, 0.717) is 12.1 Å². The van der Waals surface area contributed by atoms with Crippen LogP contribution in [-0.2, 0) is 6.54 Å². The Bertz CT molecular complexity index is 860. The number of hydrogen-bond donors (Lipinski definition) is 3. The van der Waals surface area contributed by atoms with E-state index in [-0.39, 0.29) is 19.1 Å². The molecule has 0 bridgehead atoms. The van der Waals surface area contributed by atoms with E-state index >= 15 is 0 Å². The van der Waals surface area contributed by atoms with Crippen molar-refractivity contribution in [3.05, 3.63) is 58.6 Å². The van der Waals surface area contributed by atoms with Gasteiger partial charge in [-0.2, -0.15) is 0 Å². The van der Waals surface area contributed by atoms with Crippen molar-refractivity contribution in [2.24, 2.45) is 0 Å². The van der Waals surface area contributed by atoms with Crippen molar-refractivity contribution in [2.75, 3.05) is 18.5 Å². The molecule has 0 unspecified atom stereocenters. The zero-order chi connectivity index (χ0) is 16.9. The number of aliphatic hydroxyl groups is 1. The number of aliphatic hydroxyl groups excluding tert-OH is 1. The molecule has 124 valence electrons. The monoisotopic (exact) mass is 341 g/mol. The molecular formula is C18H19N3O2S. The summed E-state index contributed by atoms with van der Waals surface area (Å²) in [7, 11) is 0. The molecule has 0 saturated heterocycles. The van der Waals surface area contributed by atoms with Gasteiger partial charge in [0, 0.05) is 30.5 Å². The molecule has 0 aliphatic rings. The van der Waals surface area contributed by atoms with Gasteiger partial charge in [0.25, 0.3) is 5.91 Å². The SMILES string of the molecule is Cc1c(NCc2cnc3ccsc3c2)cccc1C(=O)NCCO. The number of benzene rings is 1. The van der Waals surface area contributed by atoms with Gasteiger partial charge in [-0.25, -0.2) is 0 Å². The van der Waals surface area contributed by atoms with Gasteiger partial charge in [0.05, 0.1) is 16.8 Å². The second-order valence-electron chi connectivity index (χ2n) is 5.46. The largest absolute Gasteiger partial charge is 0.395 e. The lowest BCUT2D eigenvalue weighted by Crippen LogP contribution is -2.27. The fourth-order valence-corrected chi connectivity index (χ4v) is 3.32. The molecule has 3 aromatic rings. The van der Waals surface area contributed by atoms with Crippen molar-refractivity contribution >= 4 is 33.1 Å². The second kappa shape index (κ2) is 7.42. The Morgan fingerprint density at radius 2 is 2.21 bits per heavy atom. The molecule has 2 aromatic heterocycles. The first-order valence-corrected chi connectivity index (χ1v) is 8.61. The van der Waals surface area contributed by atoms with Gasteiger partial charge in [-0.3, -0.25) is 9.78 Å². The Balaban J connectivity index is 1.73. The molecule has 0 aliphatic carbocycles. The lowest BCUT2D eigenvalue weighted by Gasteiger charge is -2.13. The van der Waals surface area contributed by atoms with Gasteiger partial charge in [-0.1, -0.05) is 6.07 Å². The highest BCUT2D eigenvalue weighted by atomic mass is 32.1. The van der Waals surface area contributed by atoms with Crippen LogP contribution in [-0.4, -0.2) is 29.1 Å².